The molecule has 198 valence electrons. The van der Waals surface area contributed by atoms with Crippen LogP contribution in [0, 0.1) is 17.8 Å². The van der Waals surface area contributed by atoms with Crippen LogP contribution in [-0.2, 0) is 10.0 Å². The number of hydrogen-bond donors (Lipinski definition) is 1. The van der Waals surface area contributed by atoms with Crippen LogP contribution >= 0.6 is 0 Å². The summed E-state index contributed by atoms with van der Waals surface area (Å²) in [7, 11) is -2.31. The quantitative estimate of drug-likeness (QED) is 0.506. The number of aromatic nitrogens is 1. The summed E-state index contributed by atoms with van der Waals surface area (Å²) < 4.78 is 35.0. The maximum Gasteiger partial charge on any atom is 0.272 e. The Morgan fingerprint density at radius 3 is 2.53 bits per heavy atom. The molecule has 0 aliphatic carbocycles. The second kappa shape index (κ2) is 11.8. The Kier molecular flexibility index (Phi) is 8.47. The maximum atomic E-state index is 13.7. The van der Waals surface area contributed by atoms with E-state index in [0.29, 0.717) is 11.3 Å². The van der Waals surface area contributed by atoms with Crippen LogP contribution in [0.25, 0.3) is 0 Å². The van der Waals surface area contributed by atoms with Crippen molar-refractivity contribution in [2.75, 3.05) is 26.7 Å². The van der Waals surface area contributed by atoms with Gasteiger partial charge in [-0.1, -0.05) is 43.0 Å². The molecule has 4 rings (SSSR count). The predicted molar refractivity (Wildman–Crippen MR) is 144 cm³/mol. The number of rotatable bonds is 5. The summed E-state index contributed by atoms with van der Waals surface area (Å²) in [4.78, 5) is 18.6. The van der Waals surface area contributed by atoms with Crippen molar-refractivity contribution in [3.05, 3.63) is 89.7 Å². The second-order valence-corrected chi connectivity index (χ2v) is 11.3. The van der Waals surface area contributed by atoms with Crippen molar-refractivity contribution < 1.29 is 23.1 Å². The fraction of sp³-hybridized carbons (Fsp3) is 0.310. The molecule has 0 saturated heterocycles. The van der Waals surface area contributed by atoms with Crippen LogP contribution in [0.4, 0.5) is 0 Å². The summed E-state index contributed by atoms with van der Waals surface area (Å²) in [6, 6.07) is 18.7. The topological polar surface area (TPSA) is 100 Å². The molecule has 8 nitrogen and oxygen atoms in total. The number of ether oxygens (including phenoxy) is 1. The minimum atomic E-state index is -3.97. The Morgan fingerprint density at radius 2 is 1.84 bits per heavy atom. The first-order valence-electron chi connectivity index (χ1n) is 12.4. The number of nitrogens with zero attached hydrogens (tertiary/aromatic N) is 3. The van der Waals surface area contributed by atoms with Gasteiger partial charge in [0.05, 0.1) is 13.2 Å². The highest BCUT2D eigenvalue weighted by Crippen LogP contribution is 2.34. The zero-order valence-electron chi connectivity index (χ0n) is 21.6. The number of benzene rings is 2. The number of fused-ring (bicyclic) bond motifs is 1. The lowest BCUT2D eigenvalue weighted by atomic mass is 10.0. The zero-order valence-corrected chi connectivity index (χ0v) is 22.4. The number of pyridine rings is 1. The van der Waals surface area contributed by atoms with Gasteiger partial charge in [0.1, 0.15) is 22.4 Å². The van der Waals surface area contributed by atoms with E-state index in [-0.39, 0.29) is 42.2 Å². The fourth-order valence-corrected chi connectivity index (χ4v) is 6.05. The number of carbonyl (C=O) groups is 1. The van der Waals surface area contributed by atoms with Gasteiger partial charge >= 0.3 is 0 Å². The van der Waals surface area contributed by atoms with Crippen molar-refractivity contribution in [2.24, 2.45) is 5.92 Å². The lowest BCUT2D eigenvalue weighted by molar-refractivity contribution is 0.0559. The van der Waals surface area contributed by atoms with E-state index in [9.17, 15) is 18.3 Å². The van der Waals surface area contributed by atoms with Crippen LogP contribution in [0.2, 0.25) is 0 Å². The number of aliphatic hydroxyl groups excluding tert-OH is 1. The van der Waals surface area contributed by atoms with Gasteiger partial charge in [0.15, 0.2) is 0 Å². The van der Waals surface area contributed by atoms with Crippen LogP contribution in [0.15, 0.2) is 77.8 Å². The molecule has 2 aromatic carbocycles. The predicted octanol–water partition coefficient (Wildman–Crippen LogP) is 3.02. The first-order chi connectivity index (χ1) is 18.2. The van der Waals surface area contributed by atoms with Gasteiger partial charge in [-0.05, 0) is 49.4 Å². The number of aliphatic hydroxyl groups is 1. The van der Waals surface area contributed by atoms with Crippen LogP contribution in [0.1, 0.15) is 35.5 Å². The minimum absolute atomic E-state index is 0.00123. The van der Waals surface area contributed by atoms with Gasteiger partial charge in [0.2, 0.25) is 10.0 Å². The highest BCUT2D eigenvalue weighted by Gasteiger charge is 2.38. The van der Waals surface area contributed by atoms with E-state index in [2.05, 4.69) is 16.8 Å². The van der Waals surface area contributed by atoms with E-state index >= 15 is 0 Å². The SMILES string of the molecule is C[C@H]1CN([C@@H](C)CO)S(=O)(=O)c2ccc(C#Cc3ccccc3)cc2O[C@@H]1CN(C)C(=O)c1ccccn1. The standard InChI is InChI=1S/C29H31N3O5S/c1-21-18-32(22(2)20-33)38(35,36)28-15-14-24(13-12-23-9-5-4-6-10-23)17-26(28)37-27(21)19-31(3)29(34)25-11-7-8-16-30-25/h4-11,14-17,21-22,27,33H,18-20H2,1-3H3/t21-,22-,27+/m0/s1. The summed E-state index contributed by atoms with van der Waals surface area (Å²) in [5, 5.41) is 9.83. The summed E-state index contributed by atoms with van der Waals surface area (Å²) in [5.41, 5.74) is 1.73. The van der Waals surface area contributed by atoms with E-state index in [0.717, 1.165) is 5.56 Å². The molecule has 38 heavy (non-hydrogen) atoms. The van der Waals surface area contributed by atoms with Crippen molar-refractivity contribution >= 4 is 15.9 Å². The van der Waals surface area contributed by atoms with Crippen LogP contribution in [0.5, 0.6) is 5.75 Å². The zero-order chi connectivity index (χ0) is 27.3. The van der Waals surface area contributed by atoms with Gasteiger partial charge < -0.3 is 14.7 Å². The number of carbonyl (C=O) groups excluding carboxylic acids is 1. The van der Waals surface area contributed by atoms with E-state index < -0.39 is 22.2 Å². The van der Waals surface area contributed by atoms with Gasteiger partial charge in [0, 0.05) is 42.9 Å². The number of amides is 1. The summed E-state index contributed by atoms with van der Waals surface area (Å²) >= 11 is 0. The first kappa shape index (κ1) is 27.3. The minimum Gasteiger partial charge on any atom is -0.487 e. The number of hydrogen-bond acceptors (Lipinski definition) is 6. The molecule has 0 fully saturated rings. The third-order valence-corrected chi connectivity index (χ3v) is 8.50. The maximum absolute atomic E-state index is 13.7. The highest BCUT2D eigenvalue weighted by atomic mass is 32.2. The summed E-state index contributed by atoms with van der Waals surface area (Å²) in [6.07, 6.45) is 1.02. The van der Waals surface area contributed by atoms with Gasteiger partial charge in [0.25, 0.3) is 5.91 Å². The molecule has 9 heteroatoms. The first-order valence-corrected chi connectivity index (χ1v) is 13.8. The number of likely N-dealkylation sites (N-methyl/N-ethyl adjacent to an activating group) is 1. The van der Waals surface area contributed by atoms with E-state index in [4.69, 9.17) is 4.74 Å². The third kappa shape index (κ3) is 6.05. The number of sulfonamides is 1. The van der Waals surface area contributed by atoms with Gasteiger partial charge in [-0.3, -0.25) is 9.78 Å². The average molecular weight is 534 g/mol. The summed E-state index contributed by atoms with van der Waals surface area (Å²) in [5.74, 6) is 5.75. The molecule has 2 heterocycles. The second-order valence-electron chi connectivity index (χ2n) is 9.42. The molecule has 1 N–H and O–H groups in total. The van der Waals surface area contributed by atoms with Crippen LogP contribution < -0.4 is 4.74 Å². The molecule has 1 aromatic heterocycles. The Labute approximate surface area is 223 Å². The summed E-state index contributed by atoms with van der Waals surface area (Å²) in [6.45, 7) is 3.54. The van der Waals surface area contributed by atoms with E-state index in [1.54, 1.807) is 50.5 Å². The molecular formula is C29H31N3O5S. The fourth-order valence-electron chi connectivity index (χ4n) is 4.22. The molecule has 1 aliphatic rings. The molecule has 1 aliphatic heterocycles. The smallest absolute Gasteiger partial charge is 0.272 e. The largest absolute Gasteiger partial charge is 0.487 e. The van der Waals surface area contributed by atoms with Crippen molar-refractivity contribution in [1.29, 1.82) is 0 Å². The Hall–Kier alpha value is -3.71. The Balaban J connectivity index is 1.72. The van der Waals surface area contributed by atoms with Crippen molar-refractivity contribution in [3.63, 3.8) is 0 Å². The highest BCUT2D eigenvalue weighted by molar-refractivity contribution is 7.89. The van der Waals surface area contributed by atoms with Crippen molar-refractivity contribution in [1.82, 2.24) is 14.2 Å². The monoisotopic (exact) mass is 533 g/mol. The lowest BCUT2D eigenvalue weighted by Gasteiger charge is -2.37. The molecule has 0 unspecified atom stereocenters. The molecule has 0 saturated carbocycles. The van der Waals surface area contributed by atoms with Gasteiger partial charge in [-0.25, -0.2) is 8.42 Å². The normalized spacial score (nSPS) is 19.5. The van der Waals surface area contributed by atoms with Crippen LogP contribution in [0.3, 0.4) is 0 Å². The Bertz CT molecular complexity index is 1440. The molecule has 3 aromatic rings. The molecule has 0 bridgehead atoms. The van der Waals surface area contributed by atoms with Crippen molar-refractivity contribution in [2.45, 2.75) is 30.9 Å². The Morgan fingerprint density at radius 1 is 1.13 bits per heavy atom. The van der Waals surface area contributed by atoms with E-state index in [1.807, 2.05) is 37.3 Å². The lowest BCUT2D eigenvalue weighted by Crippen LogP contribution is -2.50. The van der Waals surface area contributed by atoms with Crippen molar-refractivity contribution in [3.8, 4) is 17.6 Å². The van der Waals surface area contributed by atoms with Gasteiger partial charge in [-0.15, -0.1) is 0 Å². The van der Waals surface area contributed by atoms with Crippen LogP contribution in [-0.4, -0.2) is 72.5 Å². The molecule has 0 radical (unpaired) electrons. The molecule has 3 atom stereocenters. The average Bonchev–Trinajstić information content (AvgIpc) is 2.93. The molecule has 1 amide bonds. The molecule has 0 spiro atoms. The van der Waals surface area contributed by atoms with Gasteiger partial charge in [-0.2, -0.15) is 4.31 Å². The molecular weight excluding hydrogens is 502 g/mol. The third-order valence-electron chi connectivity index (χ3n) is 6.48. The van der Waals surface area contributed by atoms with E-state index in [1.165, 1.54) is 15.3 Å².